The molecule has 0 radical (unpaired) electrons. The third kappa shape index (κ3) is 14.7. The van der Waals surface area contributed by atoms with Crippen LogP contribution in [0.15, 0.2) is 130 Å². The summed E-state index contributed by atoms with van der Waals surface area (Å²) in [4.78, 5) is 11.0. The van der Waals surface area contributed by atoms with Gasteiger partial charge in [-0.3, -0.25) is 0 Å². The maximum absolute atomic E-state index is 10.3. The summed E-state index contributed by atoms with van der Waals surface area (Å²) in [7, 11) is 0. The van der Waals surface area contributed by atoms with Gasteiger partial charge < -0.3 is 14.7 Å². The summed E-state index contributed by atoms with van der Waals surface area (Å²) in [5.74, 6) is 1.39. The van der Waals surface area contributed by atoms with Gasteiger partial charge in [0.25, 0.3) is 0 Å². The molecular formula is C49H56N4O4. The van der Waals surface area contributed by atoms with Crippen LogP contribution in [0.25, 0.3) is 24.3 Å². The number of nitrogens with zero attached hydrogens (tertiary/aromatic N) is 4. The lowest BCUT2D eigenvalue weighted by molar-refractivity contribution is -0.202. The Morgan fingerprint density at radius 3 is 1.56 bits per heavy atom. The molecule has 5 aromatic carbocycles. The number of rotatable bonds is 23. The minimum absolute atomic E-state index is 0.136. The standard InChI is InChI=1S/C49H56N4O4/c1-4-7-9-11-13-38-16-24-44(25-17-38)50-51-45-26-18-39(19-27-45)14-22-41-36-49(57-56-6-3)42(35-43(41)37-54)23-15-40-20-28-46(29-21-40)52-53-47-30-32-48(33-31-47)55-34-12-10-8-5-2/h14-33,35-36,54H,4-13,34,37H2,1-3H3. The molecule has 5 aromatic rings. The molecule has 8 heteroatoms. The van der Waals surface area contributed by atoms with Crippen molar-refractivity contribution in [2.45, 2.75) is 85.2 Å². The minimum atomic E-state index is -0.136. The molecule has 0 fully saturated rings. The predicted molar refractivity (Wildman–Crippen MR) is 234 cm³/mol. The Balaban J connectivity index is 1.19. The summed E-state index contributed by atoms with van der Waals surface area (Å²) < 4.78 is 5.83. The van der Waals surface area contributed by atoms with E-state index in [-0.39, 0.29) is 6.61 Å². The molecule has 0 heterocycles. The molecule has 0 spiro atoms. The highest BCUT2D eigenvalue weighted by molar-refractivity contribution is 5.78. The fourth-order valence-corrected chi connectivity index (χ4v) is 6.00. The van der Waals surface area contributed by atoms with Crippen molar-refractivity contribution in [1.82, 2.24) is 0 Å². The molecule has 0 saturated carbocycles. The topological polar surface area (TPSA) is 97.4 Å². The van der Waals surface area contributed by atoms with Gasteiger partial charge in [-0.15, -0.1) is 0 Å². The van der Waals surface area contributed by atoms with Gasteiger partial charge in [-0.25, -0.2) is 0 Å². The number of unbranched alkanes of at least 4 members (excludes halogenated alkanes) is 6. The first-order chi connectivity index (χ1) is 28.1. The van der Waals surface area contributed by atoms with Crippen LogP contribution in [-0.2, 0) is 17.9 Å². The average Bonchev–Trinajstić information content (AvgIpc) is 3.25. The van der Waals surface area contributed by atoms with Crippen molar-refractivity contribution in [3.63, 3.8) is 0 Å². The average molecular weight is 765 g/mol. The lowest BCUT2D eigenvalue weighted by Crippen LogP contribution is -2.00. The van der Waals surface area contributed by atoms with E-state index in [1.165, 1.54) is 50.5 Å². The Bertz CT molecular complexity index is 2040. The lowest BCUT2D eigenvalue weighted by atomic mass is 10.0. The number of azo groups is 2. The van der Waals surface area contributed by atoms with Crippen molar-refractivity contribution >= 4 is 47.1 Å². The summed E-state index contributed by atoms with van der Waals surface area (Å²) in [5, 5.41) is 27.9. The van der Waals surface area contributed by atoms with Gasteiger partial charge in [0.15, 0.2) is 5.75 Å². The Morgan fingerprint density at radius 2 is 1.04 bits per heavy atom. The number of hydrogen-bond acceptors (Lipinski definition) is 8. The molecular weight excluding hydrogens is 709 g/mol. The van der Waals surface area contributed by atoms with E-state index in [0.29, 0.717) is 12.4 Å². The Labute approximate surface area is 338 Å². The molecule has 296 valence electrons. The zero-order chi connectivity index (χ0) is 39.9. The second kappa shape index (κ2) is 24.0. The van der Waals surface area contributed by atoms with E-state index in [1.54, 1.807) is 0 Å². The normalized spacial score (nSPS) is 11.8. The second-order valence-corrected chi connectivity index (χ2v) is 13.9. The van der Waals surface area contributed by atoms with Gasteiger partial charge in [0, 0.05) is 5.56 Å². The zero-order valence-electron chi connectivity index (χ0n) is 33.6. The van der Waals surface area contributed by atoms with Gasteiger partial charge >= 0.3 is 0 Å². The molecule has 0 saturated heterocycles. The summed E-state index contributed by atoms with van der Waals surface area (Å²) in [6.45, 7) is 7.29. The highest BCUT2D eigenvalue weighted by atomic mass is 17.2. The van der Waals surface area contributed by atoms with E-state index >= 15 is 0 Å². The molecule has 0 unspecified atom stereocenters. The molecule has 0 aliphatic carbocycles. The molecule has 0 amide bonds. The van der Waals surface area contributed by atoms with Gasteiger partial charge in [-0.2, -0.15) is 25.3 Å². The molecule has 0 bridgehead atoms. The van der Waals surface area contributed by atoms with Crippen LogP contribution in [0, 0.1) is 0 Å². The van der Waals surface area contributed by atoms with Gasteiger partial charge in [0.05, 0.1) is 42.6 Å². The van der Waals surface area contributed by atoms with E-state index in [2.05, 4.69) is 46.4 Å². The third-order valence-electron chi connectivity index (χ3n) is 9.33. The number of aliphatic hydroxyl groups excluding tert-OH is 1. The third-order valence-corrected chi connectivity index (χ3v) is 9.33. The van der Waals surface area contributed by atoms with Crippen LogP contribution in [-0.4, -0.2) is 18.3 Å². The highest BCUT2D eigenvalue weighted by Crippen LogP contribution is 2.29. The summed E-state index contributed by atoms with van der Waals surface area (Å²) in [6, 6.07) is 35.5. The first kappa shape index (κ1) is 42.4. The summed E-state index contributed by atoms with van der Waals surface area (Å²) in [6.07, 6.45) is 18.7. The lowest BCUT2D eigenvalue weighted by Gasteiger charge is -2.11. The van der Waals surface area contributed by atoms with Crippen molar-refractivity contribution in [3.05, 3.63) is 143 Å². The molecule has 1 N–H and O–H groups in total. The number of benzene rings is 5. The number of aryl methyl sites for hydroxylation is 1. The molecule has 0 aliphatic rings. The van der Waals surface area contributed by atoms with Crippen molar-refractivity contribution in [2.24, 2.45) is 20.5 Å². The van der Waals surface area contributed by atoms with Gasteiger partial charge in [-0.1, -0.05) is 113 Å². The van der Waals surface area contributed by atoms with E-state index in [4.69, 9.17) is 14.5 Å². The molecule has 8 nitrogen and oxygen atoms in total. The first-order valence-corrected chi connectivity index (χ1v) is 20.4. The van der Waals surface area contributed by atoms with Crippen LogP contribution in [0.2, 0.25) is 0 Å². The largest absolute Gasteiger partial charge is 0.494 e. The number of hydrogen-bond donors (Lipinski definition) is 1. The van der Waals surface area contributed by atoms with E-state index < -0.39 is 0 Å². The Kier molecular flexibility index (Phi) is 17.9. The monoisotopic (exact) mass is 764 g/mol. The smallest absolute Gasteiger partial charge is 0.173 e. The molecule has 57 heavy (non-hydrogen) atoms. The van der Waals surface area contributed by atoms with Crippen molar-refractivity contribution in [2.75, 3.05) is 13.2 Å². The van der Waals surface area contributed by atoms with E-state index in [0.717, 1.165) is 75.8 Å². The highest BCUT2D eigenvalue weighted by Gasteiger charge is 2.10. The van der Waals surface area contributed by atoms with E-state index in [9.17, 15) is 5.11 Å². The maximum Gasteiger partial charge on any atom is 0.173 e. The van der Waals surface area contributed by atoms with Gasteiger partial charge in [0.2, 0.25) is 0 Å². The predicted octanol–water partition coefficient (Wildman–Crippen LogP) is 14.8. The minimum Gasteiger partial charge on any atom is -0.494 e. The molecule has 0 aromatic heterocycles. The van der Waals surface area contributed by atoms with Crippen LogP contribution in [0.3, 0.4) is 0 Å². The fraction of sp³-hybridized carbons (Fsp3) is 0.306. The van der Waals surface area contributed by atoms with E-state index in [1.807, 2.05) is 128 Å². The molecule has 0 aliphatic heterocycles. The number of aliphatic hydroxyl groups is 1. The van der Waals surface area contributed by atoms with Crippen LogP contribution in [0.1, 0.15) is 106 Å². The van der Waals surface area contributed by atoms with Crippen molar-refractivity contribution in [3.8, 4) is 11.5 Å². The maximum atomic E-state index is 10.3. The zero-order valence-corrected chi connectivity index (χ0v) is 33.6. The fourth-order valence-electron chi connectivity index (χ4n) is 6.00. The first-order valence-electron chi connectivity index (χ1n) is 20.4. The van der Waals surface area contributed by atoms with Crippen molar-refractivity contribution < 1.29 is 19.6 Å². The van der Waals surface area contributed by atoms with Crippen molar-refractivity contribution in [1.29, 1.82) is 0 Å². The second-order valence-electron chi connectivity index (χ2n) is 13.9. The SMILES string of the molecule is CCCCCCOc1ccc(N=Nc2ccc(C=Cc3cc(CO)c(C=Cc4ccc(N=Nc5ccc(CCCCCC)cc5)cc4)cc3OOCC)cc2)cc1. The van der Waals surface area contributed by atoms with Crippen LogP contribution in [0.4, 0.5) is 22.7 Å². The van der Waals surface area contributed by atoms with Gasteiger partial charge in [0.1, 0.15) is 5.75 Å². The quantitative estimate of drug-likeness (QED) is 0.0235. The molecule has 0 atom stereocenters. The van der Waals surface area contributed by atoms with Gasteiger partial charge in [-0.05, 0) is 127 Å². The van der Waals surface area contributed by atoms with Crippen LogP contribution < -0.4 is 9.62 Å². The summed E-state index contributed by atoms with van der Waals surface area (Å²) >= 11 is 0. The Hall–Kier alpha value is -5.70. The number of ether oxygens (including phenoxy) is 1. The van der Waals surface area contributed by atoms with Crippen LogP contribution >= 0.6 is 0 Å². The van der Waals surface area contributed by atoms with Crippen LogP contribution in [0.5, 0.6) is 11.5 Å². The molecule has 5 rings (SSSR count). The summed E-state index contributed by atoms with van der Waals surface area (Å²) in [5.41, 5.74) is 8.77. The Morgan fingerprint density at radius 1 is 0.526 bits per heavy atom.